The van der Waals surface area contributed by atoms with E-state index in [1.54, 1.807) is 27.7 Å². The molecule has 2 amide bonds. The third-order valence-corrected chi connectivity index (χ3v) is 7.99. The Hall–Kier alpha value is -3.81. The predicted molar refractivity (Wildman–Crippen MR) is 140 cm³/mol. The van der Waals surface area contributed by atoms with Gasteiger partial charge in [0.05, 0.1) is 23.6 Å². The van der Waals surface area contributed by atoms with Crippen molar-refractivity contribution in [2.24, 2.45) is 17.8 Å². The number of aromatic nitrogens is 5. The van der Waals surface area contributed by atoms with Crippen LogP contribution in [-0.2, 0) is 17.8 Å². The van der Waals surface area contributed by atoms with E-state index in [0.717, 1.165) is 11.3 Å². The van der Waals surface area contributed by atoms with Crippen LogP contribution in [0.2, 0.25) is 0 Å². The van der Waals surface area contributed by atoms with E-state index in [4.69, 9.17) is 16.5 Å². The lowest BCUT2D eigenvalue weighted by atomic mass is 9.81. The summed E-state index contributed by atoms with van der Waals surface area (Å²) in [6.07, 6.45) is 10.0. The maximum Gasteiger partial charge on any atom is 0.270 e. The van der Waals surface area contributed by atoms with Crippen molar-refractivity contribution in [1.29, 1.82) is 0 Å². The largest absolute Gasteiger partial charge is 0.355 e. The Balaban J connectivity index is 1.44. The topological polar surface area (TPSA) is 106 Å². The van der Waals surface area contributed by atoms with Crippen molar-refractivity contribution in [2.45, 2.75) is 70.9 Å². The zero-order valence-corrected chi connectivity index (χ0v) is 22.2. The van der Waals surface area contributed by atoms with E-state index >= 15 is 0 Å². The smallest absolute Gasteiger partial charge is 0.270 e. The molecule has 1 unspecified atom stereocenters. The molecule has 4 heterocycles. The monoisotopic (exact) mass is 537 g/mol. The van der Waals surface area contributed by atoms with Crippen LogP contribution in [-0.4, -0.2) is 48.7 Å². The first-order valence-electron chi connectivity index (χ1n) is 13.5. The third kappa shape index (κ3) is 5.65. The Labute approximate surface area is 225 Å². The summed E-state index contributed by atoms with van der Waals surface area (Å²) in [4.78, 5) is 30.5. The van der Waals surface area contributed by atoms with Crippen molar-refractivity contribution in [3.8, 4) is 12.3 Å². The average molecular weight is 538 g/mol. The molecule has 0 radical (unpaired) electrons. The van der Waals surface area contributed by atoms with Gasteiger partial charge in [-0.25, -0.2) is 18.3 Å². The summed E-state index contributed by atoms with van der Waals surface area (Å²) in [7, 11) is 0. The number of halogens is 2. The Kier molecular flexibility index (Phi) is 7.38. The molecule has 1 aliphatic heterocycles. The van der Waals surface area contributed by atoms with Gasteiger partial charge in [-0.05, 0) is 56.7 Å². The number of alkyl halides is 2. The van der Waals surface area contributed by atoms with Gasteiger partial charge in [0.2, 0.25) is 11.8 Å². The fourth-order valence-electron chi connectivity index (χ4n) is 5.68. The van der Waals surface area contributed by atoms with Gasteiger partial charge in [0.25, 0.3) is 5.91 Å². The van der Waals surface area contributed by atoms with Crippen molar-refractivity contribution >= 4 is 17.5 Å². The number of rotatable bonds is 7. The molecular formula is C28H33F2N7O2. The fraction of sp³-hybridized carbons (Fsp3) is 0.536. The number of nitrogens with one attached hydrogen (secondary N) is 2. The number of hydrogen-bond acceptors (Lipinski definition) is 5. The molecule has 2 fully saturated rings. The van der Waals surface area contributed by atoms with Crippen LogP contribution in [0, 0.1) is 37.0 Å². The minimum atomic E-state index is -2.69. The Morgan fingerprint density at radius 1 is 1.36 bits per heavy atom. The Morgan fingerprint density at radius 2 is 2.13 bits per heavy atom. The predicted octanol–water partition coefficient (Wildman–Crippen LogP) is 3.48. The fourth-order valence-corrected chi connectivity index (χ4v) is 5.68. The molecule has 9 nitrogen and oxygen atoms in total. The molecule has 3 aromatic heterocycles. The summed E-state index contributed by atoms with van der Waals surface area (Å²) in [5, 5.41) is 14.9. The molecule has 1 saturated heterocycles. The van der Waals surface area contributed by atoms with Crippen molar-refractivity contribution in [3.05, 3.63) is 47.2 Å². The summed E-state index contributed by atoms with van der Waals surface area (Å²) in [5.74, 6) is -0.803. The van der Waals surface area contributed by atoms with Gasteiger partial charge in [-0.1, -0.05) is 0 Å². The van der Waals surface area contributed by atoms with Crippen LogP contribution < -0.4 is 10.6 Å². The molecule has 0 bridgehead atoms. The number of hydrogen-bond donors (Lipinski definition) is 2. The van der Waals surface area contributed by atoms with Crippen LogP contribution in [0.15, 0.2) is 24.5 Å². The van der Waals surface area contributed by atoms with Gasteiger partial charge in [-0.3, -0.25) is 14.3 Å². The first-order valence-corrected chi connectivity index (χ1v) is 13.5. The second kappa shape index (κ2) is 10.8. The molecule has 206 valence electrons. The minimum Gasteiger partial charge on any atom is -0.355 e. The Bertz CT molecular complexity index is 1410. The number of terminal acetylenes is 1. The number of carbonyl (C=O) groups is 2. The number of piperidine rings is 1. The maximum absolute atomic E-state index is 14.0. The minimum absolute atomic E-state index is 0.00663. The van der Waals surface area contributed by atoms with Crippen molar-refractivity contribution in [3.63, 3.8) is 0 Å². The summed E-state index contributed by atoms with van der Waals surface area (Å²) in [6, 6.07) is 2.96. The number of carbonyl (C=O) groups excluding carboxylic acids is 2. The molecule has 3 aromatic rings. The van der Waals surface area contributed by atoms with Crippen molar-refractivity contribution in [2.75, 3.05) is 6.54 Å². The number of amides is 2. The average Bonchev–Trinajstić information content (AvgIpc) is 3.55. The van der Waals surface area contributed by atoms with Gasteiger partial charge in [-0.2, -0.15) is 10.2 Å². The summed E-state index contributed by atoms with van der Waals surface area (Å²) >= 11 is 0. The highest BCUT2D eigenvalue weighted by Crippen LogP contribution is 2.41. The molecule has 1 aliphatic carbocycles. The highest BCUT2D eigenvalue weighted by atomic mass is 19.3. The lowest BCUT2D eigenvalue weighted by Gasteiger charge is -2.33. The highest BCUT2D eigenvalue weighted by molar-refractivity contribution is 5.92. The van der Waals surface area contributed by atoms with E-state index in [1.165, 1.54) is 0 Å². The lowest BCUT2D eigenvalue weighted by molar-refractivity contribution is -0.127. The summed E-state index contributed by atoms with van der Waals surface area (Å²) in [5.41, 5.74) is 3.20. The lowest BCUT2D eigenvalue weighted by Crippen LogP contribution is -2.42. The van der Waals surface area contributed by atoms with E-state index in [-0.39, 0.29) is 55.3 Å². The SMILES string of the molecule is C#C[C@H]1CNC(=O)C(Cc2nn3cc([C@@H](NC(=O)c4ccnn4CC)C4CCC(F)(F)CC4)nc3cc2C)C1. The van der Waals surface area contributed by atoms with Crippen LogP contribution >= 0.6 is 0 Å². The first kappa shape index (κ1) is 26.8. The zero-order chi connectivity index (χ0) is 27.7. The number of fused-ring (bicyclic) bond motifs is 1. The molecule has 1 saturated carbocycles. The van der Waals surface area contributed by atoms with Gasteiger partial charge < -0.3 is 10.6 Å². The van der Waals surface area contributed by atoms with E-state index in [0.29, 0.717) is 43.0 Å². The van der Waals surface area contributed by atoms with Gasteiger partial charge in [0.1, 0.15) is 5.69 Å². The summed E-state index contributed by atoms with van der Waals surface area (Å²) in [6.45, 7) is 4.82. The molecule has 39 heavy (non-hydrogen) atoms. The quantitative estimate of drug-likeness (QED) is 0.449. The van der Waals surface area contributed by atoms with Crippen LogP contribution in [0.3, 0.4) is 0 Å². The van der Waals surface area contributed by atoms with E-state index in [2.05, 4.69) is 21.7 Å². The number of nitrogens with zero attached hydrogens (tertiary/aromatic N) is 5. The molecule has 2 aliphatic rings. The van der Waals surface area contributed by atoms with Gasteiger partial charge in [-0.15, -0.1) is 12.3 Å². The standard InChI is InChI=1S/C28H33F2N7O2/c1-4-18-13-20(26(38)31-15-18)14-21-17(3)12-24-33-22(16-37(24)35-21)25(19-6-9-28(29,30)10-7-19)34-27(39)23-8-11-32-36(23)5-2/h1,8,11-12,16,18-20,25H,5-7,9-10,13-15H2,2-3H3,(H,31,38)(H,34,39)/t18-,20?,25+/m1/s1. The normalized spacial score (nSPS) is 22.3. The molecule has 3 atom stereocenters. The first-order chi connectivity index (χ1) is 18.7. The highest BCUT2D eigenvalue weighted by Gasteiger charge is 2.39. The van der Waals surface area contributed by atoms with E-state index < -0.39 is 12.0 Å². The third-order valence-electron chi connectivity index (χ3n) is 7.99. The second-order valence-corrected chi connectivity index (χ2v) is 10.7. The zero-order valence-electron chi connectivity index (χ0n) is 22.2. The van der Waals surface area contributed by atoms with Crippen molar-refractivity contribution in [1.82, 2.24) is 35.0 Å². The number of imidazole rings is 1. The van der Waals surface area contributed by atoms with Gasteiger partial charge >= 0.3 is 0 Å². The summed E-state index contributed by atoms with van der Waals surface area (Å²) < 4.78 is 31.2. The molecule has 0 spiro atoms. The molecular weight excluding hydrogens is 504 g/mol. The van der Waals surface area contributed by atoms with Crippen LogP contribution in [0.25, 0.3) is 5.65 Å². The van der Waals surface area contributed by atoms with Crippen LogP contribution in [0.5, 0.6) is 0 Å². The van der Waals surface area contributed by atoms with Gasteiger partial charge in [0, 0.05) is 50.4 Å². The van der Waals surface area contributed by atoms with Gasteiger partial charge in [0.15, 0.2) is 5.65 Å². The van der Waals surface area contributed by atoms with E-state index in [9.17, 15) is 18.4 Å². The van der Waals surface area contributed by atoms with Crippen LogP contribution in [0.1, 0.15) is 72.5 Å². The van der Waals surface area contributed by atoms with E-state index in [1.807, 2.05) is 19.9 Å². The van der Waals surface area contributed by atoms with Crippen molar-refractivity contribution < 1.29 is 18.4 Å². The molecule has 5 rings (SSSR count). The molecule has 0 aromatic carbocycles. The Morgan fingerprint density at radius 3 is 2.85 bits per heavy atom. The number of aryl methyl sites for hydroxylation is 2. The molecule has 11 heteroatoms. The van der Waals surface area contributed by atoms with Crippen LogP contribution in [0.4, 0.5) is 8.78 Å². The second-order valence-electron chi connectivity index (χ2n) is 10.7. The maximum atomic E-state index is 14.0. The molecule has 2 N–H and O–H groups in total.